The minimum atomic E-state index is -4.45. The molecule has 0 saturated carbocycles. The van der Waals surface area contributed by atoms with Crippen LogP contribution in [0, 0.1) is 0 Å². The molecule has 0 bridgehead atoms. The molecule has 7 nitrogen and oxygen atoms in total. The molecule has 0 radical (unpaired) electrons. The second-order valence-electron chi connectivity index (χ2n) is 17.2. The maximum Gasteiger partial charge on any atom is 0.267 e. The third kappa shape index (κ3) is 42.7. The van der Waals surface area contributed by atoms with Crippen LogP contribution in [0.15, 0.2) is 24.3 Å². The van der Waals surface area contributed by atoms with Crippen LogP contribution in [0.2, 0.25) is 0 Å². The third-order valence-corrected chi connectivity index (χ3v) is 12.3. The van der Waals surface area contributed by atoms with Crippen molar-refractivity contribution in [2.24, 2.45) is 0 Å². The fourth-order valence-electron chi connectivity index (χ4n) is 7.71. The van der Waals surface area contributed by atoms with E-state index < -0.39 is 40.0 Å². The Bertz CT molecular complexity index is 1020. The number of amides is 1. The first-order valence-electron chi connectivity index (χ1n) is 24.6. The van der Waals surface area contributed by atoms with Gasteiger partial charge in [0.05, 0.1) is 17.9 Å². The summed E-state index contributed by atoms with van der Waals surface area (Å²) in [6, 6.07) is -1.25. The molecule has 0 aromatic heterocycles. The van der Waals surface area contributed by atoms with Crippen LogP contribution >= 0.6 is 0 Å². The first-order chi connectivity index (χ1) is 27.7. The lowest BCUT2D eigenvalue weighted by Crippen LogP contribution is -2.50. The molecule has 8 heteroatoms. The fraction of sp³-hybridized carbons (Fsp3) is 0.898. The SMILES string of the molecule is CCCCCCCCCCCCCC/C=C/CC/C=C/C(O)C(CS(=O)(=O)O)NC(=O)C(O)CCCCCCCCCCCCCCCCCCCCCCCC. The van der Waals surface area contributed by atoms with Gasteiger partial charge in [-0.3, -0.25) is 9.35 Å². The van der Waals surface area contributed by atoms with Crippen molar-refractivity contribution < 1.29 is 28.0 Å². The highest BCUT2D eigenvalue weighted by molar-refractivity contribution is 7.85. The predicted molar refractivity (Wildman–Crippen MR) is 245 cm³/mol. The average molecular weight is 826 g/mol. The van der Waals surface area contributed by atoms with Crippen LogP contribution < -0.4 is 5.32 Å². The maximum absolute atomic E-state index is 12.7. The van der Waals surface area contributed by atoms with Crippen molar-refractivity contribution in [3.8, 4) is 0 Å². The summed E-state index contributed by atoms with van der Waals surface area (Å²) < 4.78 is 32.7. The molecule has 57 heavy (non-hydrogen) atoms. The van der Waals surface area contributed by atoms with E-state index in [9.17, 15) is 28.0 Å². The van der Waals surface area contributed by atoms with E-state index in [-0.39, 0.29) is 6.42 Å². The Kier molecular flexibility index (Phi) is 42.0. The van der Waals surface area contributed by atoms with E-state index in [1.54, 1.807) is 6.08 Å². The van der Waals surface area contributed by atoms with Crippen LogP contribution in [0.5, 0.6) is 0 Å². The van der Waals surface area contributed by atoms with Crippen molar-refractivity contribution in [1.29, 1.82) is 0 Å². The second kappa shape index (κ2) is 42.9. The molecular formula is C49H95NO6S. The van der Waals surface area contributed by atoms with E-state index in [1.807, 2.05) is 0 Å². The largest absolute Gasteiger partial charge is 0.387 e. The molecule has 1 amide bonds. The Hall–Kier alpha value is -1.22. The summed E-state index contributed by atoms with van der Waals surface area (Å²) >= 11 is 0. The highest BCUT2D eigenvalue weighted by Crippen LogP contribution is 2.17. The standard InChI is InChI=1S/C49H95NO6S/c1-3-5-7-9-11-13-15-17-19-21-23-24-25-26-28-30-32-34-36-38-40-42-44-48(52)49(53)50-46(45-57(54,55)56)47(51)43-41-39-37-35-33-31-29-27-22-20-18-16-14-12-10-8-6-4-2/h33,35,41,43,46-48,51-52H,3-32,34,36-40,42,44-45H2,1-2H3,(H,50,53)(H,54,55,56)/b35-33+,43-41+. The van der Waals surface area contributed by atoms with Crippen LogP contribution in [0.4, 0.5) is 0 Å². The van der Waals surface area contributed by atoms with Crippen molar-refractivity contribution in [3.63, 3.8) is 0 Å². The summed E-state index contributed by atoms with van der Waals surface area (Å²) in [5.41, 5.74) is 0. The zero-order valence-corrected chi connectivity index (χ0v) is 38.4. The number of aliphatic hydroxyl groups is 2. The monoisotopic (exact) mass is 826 g/mol. The lowest BCUT2D eigenvalue weighted by atomic mass is 10.0. The van der Waals surface area contributed by atoms with Crippen molar-refractivity contribution >= 4 is 16.0 Å². The number of allylic oxidation sites excluding steroid dienone is 3. The van der Waals surface area contributed by atoms with Gasteiger partial charge in [-0.05, 0) is 32.1 Å². The Balaban J connectivity index is 3.92. The van der Waals surface area contributed by atoms with E-state index in [1.165, 1.54) is 199 Å². The number of nitrogens with one attached hydrogen (secondary N) is 1. The third-order valence-electron chi connectivity index (χ3n) is 11.5. The molecule has 0 spiro atoms. The number of unbranched alkanes of at least 4 members (excludes halogenated alkanes) is 34. The van der Waals surface area contributed by atoms with Gasteiger partial charge in [-0.15, -0.1) is 0 Å². The summed E-state index contributed by atoms with van der Waals surface area (Å²) in [6.07, 6.45) is 52.5. The van der Waals surface area contributed by atoms with Crippen LogP contribution in [0.25, 0.3) is 0 Å². The maximum atomic E-state index is 12.7. The average Bonchev–Trinajstić information content (AvgIpc) is 3.18. The smallest absolute Gasteiger partial charge is 0.267 e. The minimum absolute atomic E-state index is 0.279. The minimum Gasteiger partial charge on any atom is -0.387 e. The van der Waals surface area contributed by atoms with E-state index in [4.69, 9.17) is 0 Å². The lowest BCUT2D eigenvalue weighted by molar-refractivity contribution is -0.130. The fourth-order valence-corrected chi connectivity index (χ4v) is 8.44. The summed E-state index contributed by atoms with van der Waals surface area (Å²) in [5, 5.41) is 23.5. The predicted octanol–water partition coefficient (Wildman–Crippen LogP) is 14.1. The van der Waals surface area contributed by atoms with Crippen LogP contribution in [-0.2, 0) is 14.9 Å². The molecule has 4 N–H and O–H groups in total. The number of carbonyl (C=O) groups is 1. The molecule has 3 unspecified atom stereocenters. The molecule has 0 aromatic carbocycles. The van der Waals surface area contributed by atoms with Gasteiger partial charge in [-0.25, -0.2) is 0 Å². The molecule has 338 valence electrons. The Labute approximate surface area is 354 Å². The first-order valence-corrected chi connectivity index (χ1v) is 26.3. The summed E-state index contributed by atoms with van der Waals surface area (Å²) in [7, 11) is -4.45. The molecule has 0 aliphatic rings. The number of hydrogen-bond donors (Lipinski definition) is 4. The van der Waals surface area contributed by atoms with Gasteiger partial charge in [0.2, 0.25) is 5.91 Å². The summed E-state index contributed by atoms with van der Waals surface area (Å²) in [6.45, 7) is 4.54. The number of hydrogen-bond acceptors (Lipinski definition) is 5. The Morgan fingerprint density at radius 3 is 1.16 bits per heavy atom. The summed E-state index contributed by atoms with van der Waals surface area (Å²) in [5.74, 6) is -1.55. The van der Waals surface area contributed by atoms with Crippen LogP contribution in [-0.4, -0.2) is 53.1 Å². The van der Waals surface area contributed by atoms with Gasteiger partial charge >= 0.3 is 0 Å². The molecule has 0 heterocycles. The van der Waals surface area contributed by atoms with E-state index in [0.717, 1.165) is 32.1 Å². The second-order valence-corrected chi connectivity index (χ2v) is 18.7. The van der Waals surface area contributed by atoms with Gasteiger partial charge < -0.3 is 15.5 Å². The van der Waals surface area contributed by atoms with Gasteiger partial charge in [-0.1, -0.05) is 250 Å². The Morgan fingerprint density at radius 2 is 0.789 bits per heavy atom. The zero-order chi connectivity index (χ0) is 41.9. The van der Waals surface area contributed by atoms with E-state index in [0.29, 0.717) is 12.8 Å². The first kappa shape index (κ1) is 55.8. The number of rotatable bonds is 45. The Morgan fingerprint density at radius 1 is 0.474 bits per heavy atom. The van der Waals surface area contributed by atoms with Gasteiger partial charge in [0.1, 0.15) is 6.10 Å². The van der Waals surface area contributed by atoms with Gasteiger partial charge in [0.25, 0.3) is 10.1 Å². The summed E-state index contributed by atoms with van der Waals surface area (Å²) in [4.78, 5) is 12.7. The molecule has 3 atom stereocenters. The van der Waals surface area contributed by atoms with Crippen molar-refractivity contribution in [3.05, 3.63) is 24.3 Å². The van der Waals surface area contributed by atoms with Gasteiger partial charge in [0.15, 0.2) is 0 Å². The number of aliphatic hydroxyl groups excluding tert-OH is 2. The van der Waals surface area contributed by atoms with Gasteiger partial charge in [-0.2, -0.15) is 8.42 Å². The van der Waals surface area contributed by atoms with Gasteiger partial charge in [0, 0.05) is 0 Å². The molecule has 0 saturated heterocycles. The van der Waals surface area contributed by atoms with Crippen LogP contribution in [0.1, 0.15) is 258 Å². The zero-order valence-electron chi connectivity index (χ0n) is 37.6. The lowest BCUT2D eigenvalue weighted by Gasteiger charge is -2.22. The highest BCUT2D eigenvalue weighted by atomic mass is 32.2. The molecule has 0 rings (SSSR count). The molecule has 0 aromatic rings. The van der Waals surface area contributed by atoms with E-state index >= 15 is 0 Å². The molecular weight excluding hydrogens is 731 g/mol. The van der Waals surface area contributed by atoms with Crippen molar-refractivity contribution in [2.75, 3.05) is 5.75 Å². The normalized spacial score (nSPS) is 13.8. The molecule has 0 aliphatic heterocycles. The molecule has 0 fully saturated rings. The number of carbonyl (C=O) groups excluding carboxylic acids is 1. The molecule has 0 aliphatic carbocycles. The highest BCUT2D eigenvalue weighted by Gasteiger charge is 2.27. The van der Waals surface area contributed by atoms with Crippen molar-refractivity contribution in [1.82, 2.24) is 5.32 Å². The topological polar surface area (TPSA) is 124 Å². The quantitative estimate of drug-likeness (QED) is 0.0275. The van der Waals surface area contributed by atoms with Crippen LogP contribution in [0.3, 0.4) is 0 Å². The van der Waals surface area contributed by atoms with E-state index in [2.05, 4.69) is 31.3 Å². The van der Waals surface area contributed by atoms with Crippen molar-refractivity contribution in [2.45, 2.75) is 276 Å².